The van der Waals surface area contributed by atoms with Gasteiger partial charge in [-0.3, -0.25) is 0 Å². The van der Waals surface area contributed by atoms with Crippen molar-refractivity contribution in [1.82, 2.24) is 0 Å². The molecule has 1 unspecified atom stereocenters. The van der Waals surface area contributed by atoms with E-state index in [1.54, 1.807) is 13.8 Å². The second-order valence-corrected chi connectivity index (χ2v) is 5.42. The Hall–Kier alpha value is -0.240. The van der Waals surface area contributed by atoms with Gasteiger partial charge in [0.05, 0.1) is 6.10 Å². The van der Waals surface area contributed by atoms with Gasteiger partial charge in [0.15, 0.2) is 12.1 Å². The van der Waals surface area contributed by atoms with Crippen LogP contribution in [0, 0.1) is 0 Å². The zero-order valence-electron chi connectivity index (χ0n) is 10.5. The molecule has 0 bridgehead atoms. The average molecular weight is 248 g/mol. The van der Waals surface area contributed by atoms with E-state index in [0.717, 1.165) is 0 Å². The van der Waals surface area contributed by atoms with Gasteiger partial charge in [0.2, 0.25) is 0 Å². The number of ether oxygens (including phenoxy) is 3. The molecular formula is C11H20O6. The molecule has 0 aromatic carbocycles. The van der Waals surface area contributed by atoms with E-state index in [9.17, 15) is 15.3 Å². The maximum absolute atomic E-state index is 10.1. The predicted octanol–water partition coefficient (Wildman–Crippen LogP) is -0.645. The summed E-state index contributed by atoms with van der Waals surface area (Å²) in [7, 11) is 0. The Morgan fingerprint density at radius 1 is 1.29 bits per heavy atom. The topological polar surface area (TPSA) is 88.4 Å². The van der Waals surface area contributed by atoms with Crippen molar-refractivity contribution in [2.75, 3.05) is 0 Å². The molecule has 6 atom stereocenters. The number of aliphatic hydroxyl groups is 3. The Kier molecular flexibility index (Phi) is 3.01. The largest absolute Gasteiger partial charge is 0.390 e. The SMILES string of the molecule is CC(O)[C@@](C)(O)[C@H]1O[C@@H]2OC(C)(C)O[C@@H]2[C@H]1O. The summed E-state index contributed by atoms with van der Waals surface area (Å²) >= 11 is 0. The van der Waals surface area contributed by atoms with Gasteiger partial charge in [0.1, 0.15) is 23.9 Å². The zero-order chi connectivity index (χ0) is 13.0. The molecule has 2 fully saturated rings. The second kappa shape index (κ2) is 3.88. The normalized spacial score (nSPS) is 45.4. The summed E-state index contributed by atoms with van der Waals surface area (Å²) in [5.74, 6) is -0.808. The van der Waals surface area contributed by atoms with E-state index in [1.807, 2.05) is 0 Å². The van der Waals surface area contributed by atoms with Crippen LogP contribution in [-0.2, 0) is 14.2 Å². The lowest BCUT2D eigenvalue weighted by Crippen LogP contribution is -2.54. The molecule has 3 N–H and O–H groups in total. The first-order valence-corrected chi connectivity index (χ1v) is 5.75. The van der Waals surface area contributed by atoms with Crippen molar-refractivity contribution < 1.29 is 29.5 Å². The molecule has 6 heteroatoms. The fourth-order valence-corrected chi connectivity index (χ4v) is 2.21. The molecule has 100 valence electrons. The van der Waals surface area contributed by atoms with Crippen LogP contribution in [0.1, 0.15) is 27.7 Å². The number of fused-ring (bicyclic) bond motifs is 1. The van der Waals surface area contributed by atoms with E-state index >= 15 is 0 Å². The second-order valence-electron chi connectivity index (χ2n) is 5.42. The van der Waals surface area contributed by atoms with Crippen LogP contribution >= 0.6 is 0 Å². The van der Waals surface area contributed by atoms with Gasteiger partial charge >= 0.3 is 0 Å². The van der Waals surface area contributed by atoms with Crippen LogP contribution in [0.3, 0.4) is 0 Å². The monoisotopic (exact) mass is 248 g/mol. The van der Waals surface area contributed by atoms with Gasteiger partial charge in [-0.1, -0.05) is 0 Å². The molecule has 17 heavy (non-hydrogen) atoms. The summed E-state index contributed by atoms with van der Waals surface area (Å²) < 4.78 is 16.4. The average Bonchev–Trinajstić information content (AvgIpc) is 2.61. The molecule has 0 aliphatic carbocycles. The first kappa shape index (κ1) is 13.2. The molecule has 2 rings (SSSR count). The minimum atomic E-state index is -1.55. The van der Waals surface area contributed by atoms with E-state index in [2.05, 4.69) is 0 Å². The summed E-state index contributed by atoms with van der Waals surface area (Å²) in [6, 6.07) is 0. The van der Waals surface area contributed by atoms with Crippen molar-refractivity contribution in [3.05, 3.63) is 0 Å². The third-order valence-corrected chi connectivity index (χ3v) is 3.44. The smallest absolute Gasteiger partial charge is 0.190 e. The van der Waals surface area contributed by atoms with Gasteiger partial charge in [-0.15, -0.1) is 0 Å². The lowest BCUT2D eigenvalue weighted by atomic mass is 9.89. The van der Waals surface area contributed by atoms with Crippen LogP contribution in [-0.4, -0.2) is 57.4 Å². The van der Waals surface area contributed by atoms with Crippen molar-refractivity contribution in [2.24, 2.45) is 0 Å². The van der Waals surface area contributed by atoms with Crippen molar-refractivity contribution in [3.63, 3.8) is 0 Å². The Bertz CT molecular complexity index is 300. The Morgan fingerprint density at radius 2 is 1.88 bits per heavy atom. The maximum atomic E-state index is 10.1. The maximum Gasteiger partial charge on any atom is 0.190 e. The first-order chi connectivity index (χ1) is 7.65. The highest BCUT2D eigenvalue weighted by Gasteiger charge is 2.59. The van der Waals surface area contributed by atoms with Crippen LogP contribution < -0.4 is 0 Å². The minimum absolute atomic E-state index is 0.639. The molecule has 0 spiro atoms. The predicted molar refractivity (Wildman–Crippen MR) is 57.0 cm³/mol. The standard InChI is InChI=1S/C11H20O6/c1-5(12)11(4,14)8-6(13)7-9(15-8)17-10(2,3)16-7/h5-9,12-14H,1-4H3/t5?,6-,7-,8+,9-,11-/m1/s1. The molecule has 0 aromatic heterocycles. The molecule has 6 nitrogen and oxygen atoms in total. The van der Waals surface area contributed by atoms with Gasteiger partial charge in [0, 0.05) is 0 Å². The van der Waals surface area contributed by atoms with E-state index in [-0.39, 0.29) is 0 Å². The van der Waals surface area contributed by atoms with Gasteiger partial charge < -0.3 is 29.5 Å². The zero-order valence-corrected chi connectivity index (χ0v) is 10.5. The lowest BCUT2D eigenvalue weighted by molar-refractivity contribution is -0.248. The van der Waals surface area contributed by atoms with Gasteiger partial charge in [-0.05, 0) is 27.7 Å². The summed E-state index contributed by atoms with van der Waals surface area (Å²) in [4.78, 5) is 0. The quantitative estimate of drug-likeness (QED) is 0.602. The van der Waals surface area contributed by atoms with E-state index in [0.29, 0.717) is 0 Å². The molecule has 0 aromatic rings. The van der Waals surface area contributed by atoms with E-state index < -0.39 is 42.1 Å². The van der Waals surface area contributed by atoms with Crippen LogP contribution in [0.4, 0.5) is 0 Å². The lowest BCUT2D eigenvalue weighted by Gasteiger charge is -2.35. The molecule has 2 heterocycles. The van der Waals surface area contributed by atoms with Crippen LogP contribution in [0.2, 0.25) is 0 Å². The summed E-state index contributed by atoms with van der Waals surface area (Å²) in [6.45, 7) is 6.31. The summed E-state index contributed by atoms with van der Waals surface area (Å²) in [5.41, 5.74) is -1.55. The highest BCUT2D eigenvalue weighted by molar-refractivity contribution is 5.02. The number of rotatable bonds is 2. The molecule has 0 amide bonds. The minimum Gasteiger partial charge on any atom is -0.390 e. The molecule has 2 aliphatic rings. The van der Waals surface area contributed by atoms with Crippen LogP contribution in [0.25, 0.3) is 0 Å². The summed E-state index contributed by atoms with van der Waals surface area (Å²) in [6.07, 6.45) is -4.36. The fraction of sp³-hybridized carbons (Fsp3) is 1.00. The Morgan fingerprint density at radius 3 is 2.35 bits per heavy atom. The highest BCUT2D eigenvalue weighted by atomic mass is 16.8. The summed E-state index contributed by atoms with van der Waals surface area (Å²) in [5, 5.41) is 29.7. The van der Waals surface area contributed by atoms with Gasteiger partial charge in [-0.25, -0.2) is 0 Å². The number of hydrogen-bond acceptors (Lipinski definition) is 6. The van der Waals surface area contributed by atoms with Crippen LogP contribution in [0.5, 0.6) is 0 Å². The third kappa shape index (κ3) is 2.09. The van der Waals surface area contributed by atoms with E-state index in [4.69, 9.17) is 14.2 Å². The molecule has 2 aliphatic heterocycles. The van der Waals surface area contributed by atoms with Crippen molar-refractivity contribution in [2.45, 2.75) is 69.8 Å². The molecule has 0 radical (unpaired) electrons. The molecule has 2 saturated heterocycles. The van der Waals surface area contributed by atoms with E-state index in [1.165, 1.54) is 13.8 Å². The Balaban J connectivity index is 2.13. The fourth-order valence-electron chi connectivity index (χ4n) is 2.21. The molecular weight excluding hydrogens is 228 g/mol. The van der Waals surface area contributed by atoms with Gasteiger partial charge in [-0.2, -0.15) is 0 Å². The number of aliphatic hydroxyl groups excluding tert-OH is 2. The van der Waals surface area contributed by atoms with Crippen molar-refractivity contribution in [1.29, 1.82) is 0 Å². The molecule has 0 saturated carbocycles. The first-order valence-electron chi connectivity index (χ1n) is 5.75. The van der Waals surface area contributed by atoms with Crippen LogP contribution in [0.15, 0.2) is 0 Å². The highest BCUT2D eigenvalue weighted by Crippen LogP contribution is 2.40. The third-order valence-electron chi connectivity index (χ3n) is 3.44. The Labute approximate surface area is 100 Å². The number of hydrogen-bond donors (Lipinski definition) is 3. The van der Waals surface area contributed by atoms with Crippen molar-refractivity contribution >= 4 is 0 Å². The van der Waals surface area contributed by atoms with Gasteiger partial charge in [0.25, 0.3) is 0 Å². The van der Waals surface area contributed by atoms with Crippen molar-refractivity contribution in [3.8, 4) is 0 Å².